The van der Waals surface area contributed by atoms with E-state index < -0.39 is 11.7 Å². The van der Waals surface area contributed by atoms with Crippen LogP contribution in [0.15, 0.2) is 24.3 Å². The van der Waals surface area contributed by atoms with Crippen molar-refractivity contribution in [3.05, 3.63) is 41.0 Å². The number of carbonyl (C=O) groups is 1. The van der Waals surface area contributed by atoms with Gasteiger partial charge in [-0.2, -0.15) is 13.2 Å². The summed E-state index contributed by atoms with van der Waals surface area (Å²) in [6.45, 7) is 0. The van der Waals surface area contributed by atoms with Crippen molar-refractivity contribution in [2.45, 2.75) is 12.6 Å². The first-order chi connectivity index (χ1) is 7.99. The Morgan fingerprint density at radius 2 is 1.94 bits per heavy atom. The average Bonchev–Trinajstić information content (AvgIpc) is 2.28. The lowest BCUT2D eigenvalue weighted by Gasteiger charge is -2.08. The van der Waals surface area contributed by atoms with E-state index in [0.717, 1.165) is 23.9 Å². The number of hydrogen-bond donors (Lipinski definition) is 0. The lowest BCUT2D eigenvalue weighted by Crippen LogP contribution is -2.05. The Morgan fingerprint density at radius 3 is 2.47 bits per heavy atom. The van der Waals surface area contributed by atoms with E-state index in [1.807, 2.05) is 0 Å². The molecule has 0 saturated carbocycles. The molecule has 17 heavy (non-hydrogen) atoms. The molecule has 0 fully saturated rings. The van der Waals surface area contributed by atoms with Gasteiger partial charge in [-0.15, -0.1) is 0 Å². The van der Waals surface area contributed by atoms with Crippen LogP contribution in [0.5, 0.6) is 0 Å². The lowest BCUT2D eigenvalue weighted by molar-refractivity contribution is -0.137. The quantitative estimate of drug-likeness (QED) is 0.598. The van der Waals surface area contributed by atoms with Gasteiger partial charge in [-0.3, -0.25) is 4.79 Å². The monoisotopic (exact) mass is 306 g/mol. The predicted octanol–water partition coefficient (Wildman–Crippen LogP) is 4.32. The summed E-state index contributed by atoms with van der Waals surface area (Å²) in [6, 6.07) is 3.14. The molecule has 5 heteroatoms. The van der Waals surface area contributed by atoms with E-state index >= 15 is 0 Å². The van der Waals surface area contributed by atoms with Gasteiger partial charge in [0.1, 0.15) is 0 Å². The molecule has 0 aliphatic rings. The van der Waals surface area contributed by atoms with Gasteiger partial charge >= 0.3 is 6.18 Å². The molecule has 0 spiro atoms. The molecule has 1 nitrogen and oxygen atoms in total. The largest absolute Gasteiger partial charge is 0.416 e. The maximum Gasteiger partial charge on any atom is 0.416 e. The summed E-state index contributed by atoms with van der Waals surface area (Å²) in [6.07, 6.45) is 0.202. The van der Waals surface area contributed by atoms with Crippen LogP contribution in [0, 0.1) is 0 Å². The van der Waals surface area contributed by atoms with Crippen LogP contribution >= 0.6 is 15.9 Å². The highest BCUT2D eigenvalue weighted by Gasteiger charge is 2.30. The molecular formula is C12H10BrF3O. The zero-order valence-corrected chi connectivity index (χ0v) is 10.4. The Bertz CT molecular complexity index is 424. The molecule has 92 valence electrons. The Morgan fingerprint density at radius 1 is 1.24 bits per heavy atom. The summed E-state index contributed by atoms with van der Waals surface area (Å²) in [7, 11) is 0. The van der Waals surface area contributed by atoms with Gasteiger partial charge in [-0.25, -0.2) is 0 Å². The van der Waals surface area contributed by atoms with Crippen molar-refractivity contribution in [3.8, 4) is 0 Å². The molecule has 1 aromatic rings. The van der Waals surface area contributed by atoms with E-state index in [9.17, 15) is 18.0 Å². The fourth-order valence-electron chi connectivity index (χ4n) is 1.28. The van der Waals surface area contributed by atoms with Crippen molar-refractivity contribution in [2.24, 2.45) is 0 Å². The second-order valence-electron chi connectivity index (χ2n) is 3.34. The third-order valence-electron chi connectivity index (χ3n) is 2.11. The van der Waals surface area contributed by atoms with Gasteiger partial charge in [0, 0.05) is 10.9 Å². The minimum atomic E-state index is -4.42. The molecule has 1 aromatic carbocycles. The molecule has 1 rings (SSSR count). The van der Waals surface area contributed by atoms with Crippen molar-refractivity contribution < 1.29 is 18.0 Å². The SMILES string of the molecule is O=Cc1cc(C(F)(F)F)ccc1C=CCCBr. The summed E-state index contributed by atoms with van der Waals surface area (Å²) < 4.78 is 37.2. The zero-order chi connectivity index (χ0) is 12.9. The van der Waals surface area contributed by atoms with Gasteiger partial charge in [0.15, 0.2) is 6.29 Å². The molecule has 0 radical (unpaired) electrons. The fraction of sp³-hybridized carbons (Fsp3) is 0.250. The molecule has 0 atom stereocenters. The molecular weight excluding hydrogens is 297 g/mol. The Hall–Kier alpha value is -1.10. The summed E-state index contributed by atoms with van der Waals surface area (Å²) in [5.41, 5.74) is -0.267. The number of halogens is 4. The minimum absolute atomic E-state index is 0.0469. The number of alkyl halides is 4. The number of aldehydes is 1. The first-order valence-electron chi connectivity index (χ1n) is 4.88. The van der Waals surface area contributed by atoms with Crippen LogP contribution < -0.4 is 0 Å². The van der Waals surface area contributed by atoms with Crippen LogP contribution in [0.4, 0.5) is 13.2 Å². The van der Waals surface area contributed by atoms with Crippen LogP contribution in [0.2, 0.25) is 0 Å². The summed E-state index contributed by atoms with van der Waals surface area (Å²) >= 11 is 3.23. The summed E-state index contributed by atoms with van der Waals surface area (Å²) in [5.74, 6) is 0. The standard InChI is InChI=1S/C12H10BrF3O/c13-6-2-1-3-9-4-5-11(12(14,15)16)7-10(9)8-17/h1,3-5,7-8H,2,6H2. The number of hydrogen-bond acceptors (Lipinski definition) is 1. The summed E-state index contributed by atoms with van der Waals surface area (Å²) in [4.78, 5) is 10.7. The van der Waals surface area contributed by atoms with Crippen LogP contribution in [0.1, 0.15) is 27.9 Å². The molecule has 0 heterocycles. The zero-order valence-electron chi connectivity index (χ0n) is 8.80. The Kier molecular flexibility index (Phi) is 4.93. The maximum absolute atomic E-state index is 12.4. The average molecular weight is 307 g/mol. The second kappa shape index (κ2) is 6.00. The number of rotatable bonds is 4. The van der Waals surface area contributed by atoms with Gasteiger partial charge in [-0.1, -0.05) is 34.1 Å². The molecule has 0 amide bonds. The fourth-order valence-corrected chi connectivity index (χ4v) is 1.54. The summed E-state index contributed by atoms with van der Waals surface area (Å²) in [5, 5.41) is 0.764. The van der Waals surface area contributed by atoms with E-state index in [2.05, 4.69) is 15.9 Å². The van der Waals surface area contributed by atoms with Crippen LogP contribution in [0.3, 0.4) is 0 Å². The van der Waals surface area contributed by atoms with E-state index in [1.165, 1.54) is 6.07 Å². The number of benzene rings is 1. The van der Waals surface area contributed by atoms with E-state index in [1.54, 1.807) is 12.2 Å². The molecule has 0 aromatic heterocycles. The van der Waals surface area contributed by atoms with Crippen LogP contribution in [-0.4, -0.2) is 11.6 Å². The first kappa shape index (κ1) is 14.0. The van der Waals surface area contributed by atoms with Gasteiger partial charge in [-0.05, 0) is 24.1 Å². The molecule has 0 bridgehead atoms. The van der Waals surface area contributed by atoms with E-state index in [4.69, 9.17) is 0 Å². The van der Waals surface area contributed by atoms with Gasteiger partial charge in [0.25, 0.3) is 0 Å². The van der Waals surface area contributed by atoms with Gasteiger partial charge in [0.05, 0.1) is 5.56 Å². The van der Waals surface area contributed by atoms with Gasteiger partial charge < -0.3 is 0 Å². The number of allylic oxidation sites excluding steroid dienone is 1. The van der Waals surface area contributed by atoms with Crippen molar-refractivity contribution in [2.75, 3.05) is 5.33 Å². The van der Waals surface area contributed by atoms with Crippen molar-refractivity contribution in [3.63, 3.8) is 0 Å². The Balaban J connectivity index is 3.06. The molecule has 0 unspecified atom stereocenters. The molecule has 0 N–H and O–H groups in total. The van der Waals surface area contributed by atoms with Crippen molar-refractivity contribution >= 4 is 28.3 Å². The van der Waals surface area contributed by atoms with Crippen LogP contribution in [0.25, 0.3) is 6.08 Å². The highest BCUT2D eigenvalue weighted by molar-refractivity contribution is 9.09. The highest BCUT2D eigenvalue weighted by Crippen LogP contribution is 2.30. The topological polar surface area (TPSA) is 17.1 Å². The van der Waals surface area contributed by atoms with E-state index in [-0.39, 0.29) is 5.56 Å². The molecule has 0 aliphatic carbocycles. The third kappa shape index (κ3) is 4.00. The molecule has 0 saturated heterocycles. The predicted molar refractivity (Wildman–Crippen MR) is 64.3 cm³/mol. The van der Waals surface area contributed by atoms with Crippen molar-refractivity contribution in [1.82, 2.24) is 0 Å². The maximum atomic E-state index is 12.4. The molecule has 0 aliphatic heterocycles. The second-order valence-corrected chi connectivity index (χ2v) is 4.13. The first-order valence-corrected chi connectivity index (χ1v) is 6.00. The van der Waals surface area contributed by atoms with Gasteiger partial charge in [0.2, 0.25) is 0 Å². The third-order valence-corrected chi connectivity index (χ3v) is 2.57. The Labute approximate surface area is 105 Å². The van der Waals surface area contributed by atoms with Crippen molar-refractivity contribution in [1.29, 1.82) is 0 Å². The number of carbonyl (C=O) groups excluding carboxylic acids is 1. The minimum Gasteiger partial charge on any atom is -0.298 e. The lowest BCUT2D eigenvalue weighted by atomic mass is 10.0. The smallest absolute Gasteiger partial charge is 0.298 e. The highest BCUT2D eigenvalue weighted by atomic mass is 79.9. The normalized spacial score (nSPS) is 12.0. The van der Waals surface area contributed by atoms with Crippen LogP contribution in [-0.2, 0) is 6.18 Å². The van der Waals surface area contributed by atoms with E-state index in [0.29, 0.717) is 11.8 Å².